The summed E-state index contributed by atoms with van der Waals surface area (Å²) in [7, 11) is -3.82. The molecular weight excluding hydrogens is 553 g/mol. The minimum Gasteiger partial charge on any atom is -0.488 e. The number of hydrogen-bond acceptors (Lipinski definition) is 6. The SMILES string of the molecule is CCOC(=O)/C=C(\CC)c1ccc(COc2ccc(CO[Si](C)(C)C(C)(C)C)c(CO[Si](C)(C)C(C)(C)C)c2)s1. The number of allylic oxidation sites excluding steroid dienone is 1. The molecule has 0 spiro atoms. The summed E-state index contributed by atoms with van der Waals surface area (Å²) in [5, 5.41) is 0.283. The van der Waals surface area contributed by atoms with Crippen molar-refractivity contribution in [2.45, 2.75) is 118 Å². The van der Waals surface area contributed by atoms with Gasteiger partial charge in [0.25, 0.3) is 0 Å². The van der Waals surface area contributed by atoms with E-state index >= 15 is 0 Å². The molecule has 0 N–H and O–H groups in total. The van der Waals surface area contributed by atoms with E-state index in [1.807, 2.05) is 19.9 Å². The van der Waals surface area contributed by atoms with Crippen LogP contribution in [0.15, 0.2) is 36.4 Å². The monoisotopic (exact) mass is 604 g/mol. The number of esters is 1. The normalized spacial score (nSPS) is 13.4. The van der Waals surface area contributed by atoms with Gasteiger partial charge in [0.1, 0.15) is 12.4 Å². The Morgan fingerprint density at radius 1 is 0.825 bits per heavy atom. The molecule has 0 unspecified atom stereocenters. The third-order valence-corrected chi connectivity index (χ3v) is 18.4. The molecule has 224 valence electrons. The number of benzene rings is 1. The first-order valence-electron chi connectivity index (χ1n) is 14.4. The zero-order valence-corrected chi connectivity index (χ0v) is 29.8. The summed E-state index contributed by atoms with van der Waals surface area (Å²) in [4.78, 5) is 14.1. The van der Waals surface area contributed by atoms with Gasteiger partial charge in [-0.1, -0.05) is 54.5 Å². The molecule has 1 heterocycles. The van der Waals surface area contributed by atoms with Crippen molar-refractivity contribution in [3.63, 3.8) is 0 Å². The Labute approximate surface area is 249 Å². The highest BCUT2D eigenvalue weighted by molar-refractivity contribution is 7.13. The first kappa shape index (κ1) is 34.5. The Hall–Kier alpha value is -1.72. The summed E-state index contributed by atoms with van der Waals surface area (Å²) >= 11 is 1.65. The van der Waals surface area contributed by atoms with Gasteiger partial charge < -0.3 is 18.3 Å². The number of hydrogen-bond donors (Lipinski definition) is 0. The van der Waals surface area contributed by atoms with Crippen molar-refractivity contribution in [2.75, 3.05) is 6.61 Å². The molecule has 1 aromatic carbocycles. The van der Waals surface area contributed by atoms with Crippen LogP contribution in [0.3, 0.4) is 0 Å². The van der Waals surface area contributed by atoms with Crippen LogP contribution in [0.5, 0.6) is 5.75 Å². The number of thiophene rings is 1. The van der Waals surface area contributed by atoms with Crippen LogP contribution in [0.1, 0.15) is 82.7 Å². The second-order valence-corrected chi connectivity index (χ2v) is 24.1. The predicted octanol–water partition coefficient (Wildman–Crippen LogP) is 9.73. The third kappa shape index (κ3) is 9.69. The van der Waals surface area contributed by atoms with E-state index < -0.39 is 16.6 Å². The van der Waals surface area contributed by atoms with E-state index in [0.717, 1.165) is 38.6 Å². The molecular formula is C32H52O5SSi2. The van der Waals surface area contributed by atoms with Crippen LogP contribution in [-0.2, 0) is 38.2 Å². The highest BCUT2D eigenvalue weighted by Crippen LogP contribution is 2.39. The Morgan fingerprint density at radius 2 is 1.40 bits per heavy atom. The molecule has 0 aliphatic heterocycles. The molecule has 0 fully saturated rings. The second-order valence-electron chi connectivity index (χ2n) is 13.4. The van der Waals surface area contributed by atoms with Gasteiger partial charge in [0, 0.05) is 15.8 Å². The first-order chi connectivity index (χ1) is 18.4. The van der Waals surface area contributed by atoms with Crippen LogP contribution in [0.25, 0.3) is 5.57 Å². The van der Waals surface area contributed by atoms with Crippen molar-refractivity contribution in [1.82, 2.24) is 0 Å². The average Bonchev–Trinajstić information content (AvgIpc) is 3.31. The lowest BCUT2D eigenvalue weighted by atomic mass is 10.1. The van der Waals surface area contributed by atoms with Crippen molar-refractivity contribution >= 4 is 39.5 Å². The van der Waals surface area contributed by atoms with Gasteiger partial charge in [0.05, 0.1) is 19.8 Å². The van der Waals surface area contributed by atoms with Crippen molar-refractivity contribution in [3.8, 4) is 5.75 Å². The standard InChI is InChI=1S/C32H52O5SSi2/c1-13-24(20-30(33)34-14-2)29-18-17-28(38-29)23-35-27-16-15-25(21-36-39(9,10)31(3,4)5)26(19-27)22-37-40(11,12)32(6,7)8/h15-20H,13-14,21-23H2,1-12H3/b24-20+. The van der Waals surface area contributed by atoms with Crippen LogP contribution in [-0.4, -0.2) is 29.2 Å². The maximum Gasteiger partial charge on any atom is 0.331 e. The summed E-state index contributed by atoms with van der Waals surface area (Å²) in [5.41, 5.74) is 3.26. The van der Waals surface area contributed by atoms with E-state index in [2.05, 4.69) is 92.0 Å². The van der Waals surface area contributed by atoms with Crippen molar-refractivity contribution in [2.24, 2.45) is 0 Å². The lowest BCUT2D eigenvalue weighted by Crippen LogP contribution is -2.41. The minimum absolute atomic E-state index is 0.134. The van der Waals surface area contributed by atoms with Crippen LogP contribution in [0.2, 0.25) is 36.3 Å². The van der Waals surface area contributed by atoms with Gasteiger partial charge in [0.15, 0.2) is 16.6 Å². The molecule has 0 radical (unpaired) electrons. The molecule has 0 bridgehead atoms. The molecule has 0 aliphatic carbocycles. The summed E-state index contributed by atoms with van der Waals surface area (Å²) in [6, 6.07) is 10.4. The Morgan fingerprint density at radius 3 is 1.93 bits per heavy atom. The largest absolute Gasteiger partial charge is 0.488 e. The van der Waals surface area contributed by atoms with E-state index in [4.69, 9.17) is 18.3 Å². The van der Waals surface area contributed by atoms with Gasteiger partial charge in [-0.3, -0.25) is 0 Å². The number of carbonyl (C=O) groups is 1. The Kier molecular flexibility index (Phi) is 12.0. The summed E-state index contributed by atoms with van der Waals surface area (Å²) < 4.78 is 24.6. The Balaban J connectivity index is 2.23. The van der Waals surface area contributed by atoms with E-state index in [1.54, 1.807) is 17.4 Å². The fraction of sp³-hybridized carbons (Fsp3) is 0.594. The number of carbonyl (C=O) groups excluding carboxylic acids is 1. The predicted molar refractivity (Wildman–Crippen MR) is 174 cm³/mol. The van der Waals surface area contributed by atoms with Crippen LogP contribution in [0.4, 0.5) is 0 Å². The quantitative estimate of drug-likeness (QED) is 0.129. The van der Waals surface area contributed by atoms with Gasteiger partial charge in [-0.05, 0) is 90.6 Å². The van der Waals surface area contributed by atoms with E-state index in [0.29, 0.717) is 26.4 Å². The van der Waals surface area contributed by atoms with E-state index in [9.17, 15) is 4.79 Å². The van der Waals surface area contributed by atoms with E-state index in [1.165, 1.54) is 0 Å². The average molecular weight is 605 g/mol. The summed E-state index contributed by atoms with van der Waals surface area (Å²) in [6.07, 6.45) is 2.36. The molecule has 8 heteroatoms. The molecule has 0 amide bonds. The molecule has 2 rings (SSSR count). The smallest absolute Gasteiger partial charge is 0.331 e. The first-order valence-corrected chi connectivity index (χ1v) is 21.0. The van der Waals surface area contributed by atoms with Crippen LogP contribution >= 0.6 is 11.3 Å². The van der Waals surface area contributed by atoms with Gasteiger partial charge in [0.2, 0.25) is 0 Å². The van der Waals surface area contributed by atoms with Crippen LogP contribution in [0, 0.1) is 0 Å². The fourth-order valence-corrected chi connectivity index (χ4v) is 6.28. The van der Waals surface area contributed by atoms with Crippen molar-refractivity contribution < 1.29 is 23.1 Å². The van der Waals surface area contributed by atoms with Gasteiger partial charge in [-0.25, -0.2) is 4.79 Å². The van der Waals surface area contributed by atoms with E-state index in [-0.39, 0.29) is 16.0 Å². The molecule has 5 nitrogen and oxygen atoms in total. The lowest BCUT2D eigenvalue weighted by Gasteiger charge is -2.37. The van der Waals surface area contributed by atoms with Crippen molar-refractivity contribution in [3.05, 3.63) is 57.3 Å². The fourth-order valence-electron chi connectivity index (χ4n) is 3.37. The zero-order valence-electron chi connectivity index (χ0n) is 26.9. The second kappa shape index (κ2) is 14.0. The third-order valence-electron chi connectivity index (χ3n) is 8.29. The molecule has 1 aromatic heterocycles. The maximum absolute atomic E-state index is 11.9. The molecule has 0 atom stereocenters. The maximum atomic E-state index is 11.9. The minimum atomic E-state index is -1.93. The summed E-state index contributed by atoms with van der Waals surface area (Å²) in [5.74, 6) is 0.522. The number of ether oxygens (including phenoxy) is 2. The zero-order chi connectivity index (χ0) is 30.4. The summed E-state index contributed by atoms with van der Waals surface area (Å²) in [6.45, 7) is 28.6. The molecule has 2 aromatic rings. The highest BCUT2D eigenvalue weighted by atomic mass is 32.1. The number of rotatable bonds is 13. The topological polar surface area (TPSA) is 54.0 Å². The lowest BCUT2D eigenvalue weighted by molar-refractivity contribution is -0.137. The Bertz CT molecular complexity index is 1150. The molecule has 40 heavy (non-hydrogen) atoms. The van der Waals surface area contributed by atoms with Crippen molar-refractivity contribution in [1.29, 1.82) is 0 Å². The van der Waals surface area contributed by atoms with Gasteiger partial charge in [-0.15, -0.1) is 11.3 Å². The highest BCUT2D eigenvalue weighted by Gasteiger charge is 2.38. The molecule has 0 saturated carbocycles. The van der Waals surface area contributed by atoms with Gasteiger partial charge >= 0.3 is 5.97 Å². The van der Waals surface area contributed by atoms with Crippen LogP contribution < -0.4 is 4.74 Å². The molecule has 0 aliphatic rings. The molecule has 0 saturated heterocycles. The van der Waals surface area contributed by atoms with Gasteiger partial charge in [-0.2, -0.15) is 0 Å².